The molecule has 182 valence electrons. The van der Waals surface area contributed by atoms with Crippen molar-refractivity contribution < 1.29 is 14.3 Å². The predicted octanol–water partition coefficient (Wildman–Crippen LogP) is 3.41. The maximum Gasteiger partial charge on any atom is 0.410 e. The van der Waals surface area contributed by atoms with Crippen LogP contribution in [0.2, 0.25) is 0 Å². The second-order valence-electron chi connectivity index (χ2n) is 8.88. The van der Waals surface area contributed by atoms with Gasteiger partial charge in [-0.05, 0) is 66.7 Å². The van der Waals surface area contributed by atoms with Crippen LogP contribution in [0.4, 0.5) is 4.79 Å². The Hall–Kier alpha value is -1.26. The van der Waals surface area contributed by atoms with E-state index in [0.29, 0.717) is 32.1 Å². The maximum absolute atomic E-state index is 12.4. The second-order valence-corrected chi connectivity index (χ2v) is 8.88. The van der Waals surface area contributed by atoms with E-state index in [-0.39, 0.29) is 36.0 Å². The molecule has 8 nitrogen and oxygen atoms in total. The summed E-state index contributed by atoms with van der Waals surface area (Å²) >= 11 is 0. The first-order chi connectivity index (χ1) is 14.1. The number of likely N-dealkylation sites (N-methyl/N-ethyl adjacent to an activating group) is 2. The molecule has 0 aliphatic carbocycles. The fourth-order valence-corrected chi connectivity index (χ4v) is 3.57. The molecule has 9 heteroatoms. The van der Waals surface area contributed by atoms with Crippen LogP contribution in [0, 0.1) is 5.92 Å². The van der Waals surface area contributed by atoms with Crippen LogP contribution in [-0.2, 0) is 9.53 Å². The molecule has 2 amide bonds. The Labute approximate surface area is 206 Å². The Morgan fingerprint density at radius 3 is 2.39 bits per heavy atom. The highest BCUT2D eigenvalue weighted by atomic mass is 127. The SMILES string of the molecule is CCNC(=NCCC1CCCN(C(=O)OC(C)(C)C)C1)N(C)CC(=O)N(CC)CC.I. The average molecular weight is 554 g/mol. The van der Waals surface area contributed by atoms with E-state index in [9.17, 15) is 9.59 Å². The van der Waals surface area contributed by atoms with Gasteiger partial charge in [-0.1, -0.05) is 0 Å². The zero-order chi connectivity index (χ0) is 22.7. The van der Waals surface area contributed by atoms with E-state index in [2.05, 4.69) is 5.32 Å². The number of nitrogens with zero attached hydrogens (tertiary/aromatic N) is 4. The molecule has 1 N–H and O–H groups in total. The smallest absolute Gasteiger partial charge is 0.410 e. The highest BCUT2D eigenvalue weighted by Crippen LogP contribution is 2.21. The minimum absolute atomic E-state index is 0. The van der Waals surface area contributed by atoms with Gasteiger partial charge in [-0.15, -0.1) is 24.0 Å². The van der Waals surface area contributed by atoms with Crippen LogP contribution >= 0.6 is 24.0 Å². The van der Waals surface area contributed by atoms with Crippen molar-refractivity contribution in [2.45, 2.75) is 66.4 Å². The van der Waals surface area contributed by atoms with Crippen molar-refractivity contribution >= 4 is 41.9 Å². The highest BCUT2D eigenvalue weighted by molar-refractivity contribution is 14.0. The van der Waals surface area contributed by atoms with Gasteiger partial charge in [0.25, 0.3) is 0 Å². The molecule has 1 atom stereocenters. The van der Waals surface area contributed by atoms with Crippen molar-refractivity contribution in [2.75, 3.05) is 52.9 Å². The van der Waals surface area contributed by atoms with E-state index in [4.69, 9.17) is 9.73 Å². The first-order valence-corrected chi connectivity index (χ1v) is 11.4. The van der Waals surface area contributed by atoms with Gasteiger partial charge in [-0.3, -0.25) is 9.79 Å². The normalized spacial score (nSPS) is 16.9. The fourth-order valence-electron chi connectivity index (χ4n) is 3.57. The lowest BCUT2D eigenvalue weighted by atomic mass is 9.95. The standard InChI is InChI=1S/C22H43N5O3.HI/c1-8-23-20(25(7)17-19(28)26(9-2)10-3)24-14-13-18-12-11-15-27(16-18)21(29)30-22(4,5)6;/h18H,8-17H2,1-7H3,(H,23,24);1H. The summed E-state index contributed by atoms with van der Waals surface area (Å²) in [5, 5.41) is 3.27. The Morgan fingerprint density at radius 2 is 1.84 bits per heavy atom. The first-order valence-electron chi connectivity index (χ1n) is 11.4. The van der Waals surface area contributed by atoms with Gasteiger partial charge < -0.3 is 24.8 Å². The molecule has 0 bridgehead atoms. The van der Waals surface area contributed by atoms with Crippen LogP contribution < -0.4 is 5.32 Å². The molecule has 1 heterocycles. The highest BCUT2D eigenvalue weighted by Gasteiger charge is 2.27. The third-order valence-electron chi connectivity index (χ3n) is 5.15. The number of aliphatic imine (C=N–C) groups is 1. The van der Waals surface area contributed by atoms with Crippen LogP contribution in [0.5, 0.6) is 0 Å². The van der Waals surface area contributed by atoms with Crippen molar-refractivity contribution in [1.82, 2.24) is 20.0 Å². The maximum atomic E-state index is 12.4. The molecule has 0 saturated carbocycles. The van der Waals surface area contributed by atoms with Gasteiger partial charge >= 0.3 is 6.09 Å². The zero-order valence-electron chi connectivity index (χ0n) is 20.6. The van der Waals surface area contributed by atoms with Crippen LogP contribution in [0.3, 0.4) is 0 Å². The Bertz CT molecular complexity index is 576. The number of nitrogens with one attached hydrogen (secondary N) is 1. The molecule has 1 aliphatic rings. The van der Waals surface area contributed by atoms with Gasteiger partial charge in [0.05, 0.1) is 6.54 Å². The number of carbonyl (C=O) groups is 2. The monoisotopic (exact) mass is 553 g/mol. The molecule has 1 unspecified atom stereocenters. The molecular weight excluding hydrogens is 509 g/mol. The van der Waals surface area contributed by atoms with E-state index in [1.54, 1.807) is 0 Å². The number of likely N-dealkylation sites (tertiary alicyclic amines) is 1. The number of amides is 2. The van der Waals surface area contributed by atoms with Crippen LogP contribution in [-0.4, -0.2) is 91.1 Å². The number of piperidine rings is 1. The Morgan fingerprint density at radius 1 is 1.19 bits per heavy atom. The van der Waals surface area contributed by atoms with E-state index >= 15 is 0 Å². The molecule has 1 saturated heterocycles. The summed E-state index contributed by atoms with van der Waals surface area (Å²) in [5.74, 6) is 1.27. The number of rotatable bonds is 8. The number of ether oxygens (including phenoxy) is 1. The lowest BCUT2D eigenvalue weighted by Gasteiger charge is -2.34. The summed E-state index contributed by atoms with van der Waals surface area (Å²) in [6, 6.07) is 0. The van der Waals surface area contributed by atoms with Crippen molar-refractivity contribution in [3.8, 4) is 0 Å². The fraction of sp³-hybridized carbons (Fsp3) is 0.864. The van der Waals surface area contributed by atoms with E-state index in [1.807, 2.05) is 63.3 Å². The third-order valence-corrected chi connectivity index (χ3v) is 5.15. The summed E-state index contributed by atoms with van der Waals surface area (Å²) in [6.07, 6.45) is 2.78. The predicted molar refractivity (Wildman–Crippen MR) is 137 cm³/mol. The summed E-state index contributed by atoms with van der Waals surface area (Å²) in [5.41, 5.74) is -0.470. The van der Waals surface area contributed by atoms with Crippen LogP contribution in [0.15, 0.2) is 4.99 Å². The van der Waals surface area contributed by atoms with Crippen molar-refractivity contribution in [3.05, 3.63) is 0 Å². The van der Waals surface area contributed by atoms with Crippen molar-refractivity contribution in [3.63, 3.8) is 0 Å². The van der Waals surface area contributed by atoms with Gasteiger partial charge in [0, 0.05) is 46.3 Å². The number of carbonyl (C=O) groups excluding carboxylic acids is 2. The minimum atomic E-state index is -0.470. The van der Waals surface area contributed by atoms with E-state index in [1.165, 1.54) is 0 Å². The molecule has 0 aromatic rings. The lowest BCUT2D eigenvalue weighted by molar-refractivity contribution is -0.131. The summed E-state index contributed by atoms with van der Waals surface area (Å²) in [4.78, 5) is 35.0. The largest absolute Gasteiger partial charge is 0.444 e. The van der Waals surface area contributed by atoms with Crippen LogP contribution in [0.25, 0.3) is 0 Å². The molecule has 0 radical (unpaired) electrons. The zero-order valence-corrected chi connectivity index (χ0v) is 22.9. The first kappa shape index (κ1) is 29.7. The molecule has 0 aromatic heterocycles. The topological polar surface area (TPSA) is 77.5 Å². The van der Waals surface area contributed by atoms with Crippen LogP contribution in [0.1, 0.15) is 60.8 Å². The van der Waals surface area contributed by atoms with Gasteiger partial charge in [0.1, 0.15) is 5.60 Å². The second kappa shape index (κ2) is 14.7. The third kappa shape index (κ3) is 11.2. The molecule has 0 spiro atoms. The number of halogens is 1. The summed E-state index contributed by atoms with van der Waals surface area (Å²) in [6.45, 7) is 16.3. The molecule has 1 fully saturated rings. The molecule has 31 heavy (non-hydrogen) atoms. The van der Waals surface area contributed by atoms with Gasteiger partial charge in [0.15, 0.2) is 5.96 Å². The molecule has 1 rings (SSSR count). The summed E-state index contributed by atoms with van der Waals surface area (Å²) in [7, 11) is 1.90. The summed E-state index contributed by atoms with van der Waals surface area (Å²) < 4.78 is 5.51. The molecule has 1 aliphatic heterocycles. The van der Waals surface area contributed by atoms with E-state index in [0.717, 1.165) is 44.9 Å². The number of hydrogen-bond acceptors (Lipinski definition) is 4. The van der Waals surface area contributed by atoms with Gasteiger partial charge in [-0.2, -0.15) is 0 Å². The Kier molecular flexibility index (Phi) is 14.1. The number of hydrogen-bond donors (Lipinski definition) is 1. The molecular formula is C22H44IN5O3. The minimum Gasteiger partial charge on any atom is -0.444 e. The van der Waals surface area contributed by atoms with Gasteiger partial charge in [0.2, 0.25) is 5.91 Å². The van der Waals surface area contributed by atoms with Crippen molar-refractivity contribution in [2.24, 2.45) is 10.9 Å². The molecule has 0 aromatic carbocycles. The average Bonchev–Trinajstić information content (AvgIpc) is 2.67. The quantitative estimate of drug-likeness (QED) is 0.283. The number of guanidine groups is 1. The Balaban J connectivity index is 0.00000900. The van der Waals surface area contributed by atoms with E-state index < -0.39 is 5.60 Å². The van der Waals surface area contributed by atoms with Gasteiger partial charge in [-0.25, -0.2) is 4.79 Å². The lowest BCUT2D eigenvalue weighted by Crippen LogP contribution is -2.45. The van der Waals surface area contributed by atoms with Crippen molar-refractivity contribution in [1.29, 1.82) is 0 Å².